The molecule has 4 aliphatic rings. The van der Waals surface area contributed by atoms with Crippen LogP contribution >= 0.6 is 0 Å². The molecule has 5 rings (SSSR count). The van der Waals surface area contributed by atoms with Gasteiger partial charge in [0.05, 0.1) is 0 Å². The average Bonchev–Trinajstić information content (AvgIpc) is 2.42. The molecule has 3 nitrogen and oxygen atoms in total. The van der Waals surface area contributed by atoms with Crippen molar-refractivity contribution in [3.8, 4) is 11.8 Å². The van der Waals surface area contributed by atoms with Gasteiger partial charge in [-0.3, -0.25) is 0 Å². The van der Waals surface area contributed by atoms with Crippen LogP contribution in [0.1, 0.15) is 37.8 Å². The molecule has 98 valence electrons. The Kier molecular flexibility index (Phi) is 2.51. The van der Waals surface area contributed by atoms with Gasteiger partial charge in [-0.2, -0.15) is 5.26 Å². The van der Waals surface area contributed by atoms with E-state index in [1.54, 1.807) is 6.20 Å². The van der Waals surface area contributed by atoms with E-state index in [1.165, 1.54) is 32.1 Å². The SMILES string of the molecule is N#Cc1ncccc1OC1C2CC3CC(C2)CC1C3. The number of nitriles is 1. The summed E-state index contributed by atoms with van der Waals surface area (Å²) in [6, 6.07) is 5.87. The Balaban J connectivity index is 1.59. The zero-order valence-corrected chi connectivity index (χ0v) is 11.0. The average molecular weight is 254 g/mol. The van der Waals surface area contributed by atoms with Crippen LogP contribution in [-0.4, -0.2) is 11.1 Å². The number of hydrogen-bond acceptors (Lipinski definition) is 3. The molecule has 0 aromatic carbocycles. The number of ether oxygens (including phenoxy) is 1. The summed E-state index contributed by atoms with van der Waals surface area (Å²) in [7, 11) is 0. The highest BCUT2D eigenvalue weighted by atomic mass is 16.5. The standard InChI is InChI=1S/C16H18N2O/c17-9-14-15(2-1-3-18-14)19-16-12-5-10-4-11(7-12)8-13(16)6-10/h1-3,10-13,16H,4-8H2. The molecule has 0 radical (unpaired) electrons. The summed E-state index contributed by atoms with van der Waals surface area (Å²) in [5.74, 6) is 4.01. The molecule has 1 aromatic heterocycles. The van der Waals surface area contributed by atoms with Gasteiger partial charge in [0, 0.05) is 6.20 Å². The molecule has 4 saturated carbocycles. The minimum atomic E-state index is 0.323. The van der Waals surface area contributed by atoms with Crippen LogP contribution in [0.3, 0.4) is 0 Å². The van der Waals surface area contributed by atoms with Crippen molar-refractivity contribution >= 4 is 0 Å². The Bertz CT molecular complexity index is 506. The summed E-state index contributed by atoms with van der Waals surface area (Å²) < 4.78 is 6.23. The Morgan fingerprint density at radius 1 is 1.11 bits per heavy atom. The van der Waals surface area contributed by atoms with Gasteiger partial charge in [-0.15, -0.1) is 0 Å². The molecule has 0 aliphatic heterocycles. The molecule has 19 heavy (non-hydrogen) atoms. The lowest BCUT2D eigenvalue weighted by Crippen LogP contribution is -2.50. The lowest BCUT2D eigenvalue weighted by atomic mass is 9.55. The second-order valence-corrected chi connectivity index (χ2v) is 6.48. The quantitative estimate of drug-likeness (QED) is 0.814. The van der Waals surface area contributed by atoms with E-state index in [1.807, 2.05) is 12.1 Å². The van der Waals surface area contributed by atoms with Gasteiger partial charge in [0.15, 0.2) is 11.4 Å². The van der Waals surface area contributed by atoms with Crippen molar-refractivity contribution < 1.29 is 4.74 Å². The Hall–Kier alpha value is -1.56. The molecule has 0 spiro atoms. The monoisotopic (exact) mass is 254 g/mol. The summed E-state index contributed by atoms with van der Waals surface area (Å²) in [4.78, 5) is 4.09. The number of aromatic nitrogens is 1. The van der Waals surface area contributed by atoms with Crippen LogP contribution in [0.25, 0.3) is 0 Å². The highest BCUT2D eigenvalue weighted by Gasteiger charge is 2.49. The van der Waals surface area contributed by atoms with Crippen molar-refractivity contribution in [1.29, 1.82) is 5.26 Å². The van der Waals surface area contributed by atoms with Gasteiger partial charge >= 0.3 is 0 Å². The lowest BCUT2D eigenvalue weighted by Gasteiger charge is -2.53. The van der Waals surface area contributed by atoms with Gasteiger partial charge in [-0.25, -0.2) is 4.98 Å². The van der Waals surface area contributed by atoms with E-state index in [4.69, 9.17) is 10.00 Å². The second-order valence-electron chi connectivity index (χ2n) is 6.48. The fourth-order valence-electron chi connectivity index (χ4n) is 4.78. The Labute approximate surface area is 113 Å². The van der Waals surface area contributed by atoms with E-state index in [9.17, 15) is 0 Å². The van der Waals surface area contributed by atoms with Crippen molar-refractivity contribution in [3.05, 3.63) is 24.0 Å². The van der Waals surface area contributed by atoms with E-state index in [2.05, 4.69) is 11.1 Å². The van der Waals surface area contributed by atoms with Crippen LogP contribution in [0.2, 0.25) is 0 Å². The molecule has 0 atom stereocenters. The van der Waals surface area contributed by atoms with Gasteiger partial charge in [-0.1, -0.05) is 0 Å². The summed E-state index contributed by atoms with van der Waals surface area (Å²) >= 11 is 0. The van der Waals surface area contributed by atoms with Gasteiger partial charge in [0.25, 0.3) is 0 Å². The van der Waals surface area contributed by atoms with Crippen LogP contribution in [-0.2, 0) is 0 Å². The summed E-state index contributed by atoms with van der Waals surface area (Å²) in [5.41, 5.74) is 0.427. The minimum Gasteiger partial charge on any atom is -0.487 e. The Morgan fingerprint density at radius 3 is 2.42 bits per heavy atom. The smallest absolute Gasteiger partial charge is 0.182 e. The van der Waals surface area contributed by atoms with Gasteiger partial charge in [-0.05, 0) is 67.9 Å². The lowest BCUT2D eigenvalue weighted by molar-refractivity contribution is -0.0791. The van der Waals surface area contributed by atoms with Crippen molar-refractivity contribution in [2.24, 2.45) is 23.7 Å². The number of nitrogens with zero attached hydrogens (tertiary/aromatic N) is 2. The van der Waals surface area contributed by atoms with Crippen LogP contribution in [0, 0.1) is 35.0 Å². The highest BCUT2D eigenvalue weighted by Crippen LogP contribution is 2.54. The molecule has 4 aliphatic carbocycles. The fourth-order valence-corrected chi connectivity index (χ4v) is 4.78. The minimum absolute atomic E-state index is 0.323. The van der Waals surface area contributed by atoms with Gasteiger partial charge in [0.2, 0.25) is 0 Å². The molecule has 3 heteroatoms. The van der Waals surface area contributed by atoms with Crippen LogP contribution in [0.4, 0.5) is 0 Å². The van der Waals surface area contributed by atoms with Gasteiger partial charge in [0.1, 0.15) is 12.2 Å². The summed E-state index contributed by atoms with van der Waals surface area (Å²) in [5, 5.41) is 9.11. The number of pyridine rings is 1. The summed E-state index contributed by atoms with van der Waals surface area (Å²) in [6.07, 6.45) is 8.77. The van der Waals surface area contributed by atoms with E-state index in [0.29, 0.717) is 29.4 Å². The van der Waals surface area contributed by atoms with Crippen molar-refractivity contribution in [2.75, 3.05) is 0 Å². The third-order valence-corrected chi connectivity index (χ3v) is 5.28. The predicted octanol–water partition coefficient (Wildman–Crippen LogP) is 3.16. The third kappa shape index (κ3) is 1.82. The zero-order valence-electron chi connectivity index (χ0n) is 11.0. The maximum Gasteiger partial charge on any atom is 0.182 e. The molecular formula is C16H18N2O. The zero-order chi connectivity index (χ0) is 12.8. The first-order valence-corrected chi connectivity index (χ1v) is 7.35. The maximum atomic E-state index is 9.11. The topological polar surface area (TPSA) is 45.9 Å². The largest absolute Gasteiger partial charge is 0.487 e. The van der Waals surface area contributed by atoms with E-state index in [0.717, 1.165) is 11.8 Å². The normalized spacial score (nSPS) is 39.0. The Morgan fingerprint density at radius 2 is 1.79 bits per heavy atom. The van der Waals surface area contributed by atoms with Crippen LogP contribution in [0.5, 0.6) is 5.75 Å². The number of rotatable bonds is 2. The first-order valence-electron chi connectivity index (χ1n) is 7.35. The van der Waals surface area contributed by atoms with Crippen molar-refractivity contribution in [3.63, 3.8) is 0 Å². The second kappa shape index (κ2) is 4.23. The third-order valence-electron chi connectivity index (χ3n) is 5.28. The summed E-state index contributed by atoms with van der Waals surface area (Å²) in [6.45, 7) is 0. The van der Waals surface area contributed by atoms with Crippen LogP contribution < -0.4 is 4.74 Å². The van der Waals surface area contributed by atoms with E-state index in [-0.39, 0.29) is 0 Å². The van der Waals surface area contributed by atoms with Crippen molar-refractivity contribution in [2.45, 2.75) is 38.2 Å². The molecule has 4 bridgehead atoms. The van der Waals surface area contributed by atoms with E-state index < -0.39 is 0 Å². The maximum absolute atomic E-state index is 9.11. The van der Waals surface area contributed by atoms with Gasteiger partial charge < -0.3 is 4.74 Å². The molecule has 0 unspecified atom stereocenters. The van der Waals surface area contributed by atoms with E-state index >= 15 is 0 Å². The predicted molar refractivity (Wildman–Crippen MR) is 70.4 cm³/mol. The number of hydrogen-bond donors (Lipinski definition) is 0. The molecule has 0 amide bonds. The molecule has 0 saturated heterocycles. The molecular weight excluding hydrogens is 236 g/mol. The van der Waals surface area contributed by atoms with Crippen molar-refractivity contribution in [1.82, 2.24) is 4.98 Å². The first-order chi connectivity index (χ1) is 9.33. The fraction of sp³-hybridized carbons (Fsp3) is 0.625. The molecule has 0 N–H and O–H groups in total. The molecule has 1 heterocycles. The highest BCUT2D eigenvalue weighted by molar-refractivity contribution is 5.36. The first kappa shape index (κ1) is 11.3. The van der Waals surface area contributed by atoms with Crippen LogP contribution in [0.15, 0.2) is 18.3 Å². The molecule has 4 fully saturated rings. The molecule has 1 aromatic rings.